The zero-order valence-corrected chi connectivity index (χ0v) is 12.9. The second-order valence-electron chi connectivity index (χ2n) is 6.12. The average Bonchev–Trinajstić information content (AvgIpc) is 3.39. The number of nitro groups is 1. The number of piperidine rings is 1. The van der Waals surface area contributed by atoms with Gasteiger partial charge in [-0.05, 0) is 31.7 Å². The topological polar surface area (TPSA) is 84.7 Å². The monoisotopic (exact) mass is 319 g/mol. The fourth-order valence-corrected chi connectivity index (χ4v) is 2.99. The highest BCUT2D eigenvalue weighted by Gasteiger charge is 2.32. The van der Waals surface area contributed by atoms with Crippen LogP contribution in [-0.2, 0) is 4.79 Å². The summed E-state index contributed by atoms with van der Waals surface area (Å²) in [6, 6.07) is 7.02. The number of nitrogens with one attached hydrogen (secondary N) is 1. The van der Waals surface area contributed by atoms with Crippen LogP contribution in [0.5, 0.6) is 5.75 Å². The van der Waals surface area contributed by atoms with Crippen LogP contribution in [0.1, 0.15) is 25.7 Å². The van der Waals surface area contributed by atoms with E-state index in [2.05, 4.69) is 10.2 Å². The number of ether oxygens (including phenoxy) is 1. The van der Waals surface area contributed by atoms with Crippen LogP contribution in [-0.4, -0.2) is 47.5 Å². The van der Waals surface area contributed by atoms with Gasteiger partial charge in [0.2, 0.25) is 0 Å². The van der Waals surface area contributed by atoms with E-state index in [9.17, 15) is 14.9 Å². The van der Waals surface area contributed by atoms with E-state index in [1.807, 2.05) is 0 Å². The van der Waals surface area contributed by atoms with Gasteiger partial charge in [-0.3, -0.25) is 14.9 Å². The molecule has 2 aliphatic rings. The van der Waals surface area contributed by atoms with Crippen molar-refractivity contribution in [2.75, 3.05) is 19.7 Å². The number of hydrogen-bond acceptors (Lipinski definition) is 5. The van der Waals surface area contributed by atoms with Crippen molar-refractivity contribution in [1.82, 2.24) is 10.2 Å². The molecule has 0 bridgehead atoms. The Kier molecular flexibility index (Phi) is 4.76. The summed E-state index contributed by atoms with van der Waals surface area (Å²) in [6.45, 7) is 1.86. The van der Waals surface area contributed by atoms with E-state index in [1.165, 1.54) is 25.0 Å². The van der Waals surface area contributed by atoms with Crippen molar-refractivity contribution in [2.24, 2.45) is 0 Å². The van der Waals surface area contributed by atoms with Crippen LogP contribution in [0.2, 0.25) is 0 Å². The lowest BCUT2D eigenvalue weighted by Crippen LogP contribution is -2.46. The molecule has 0 radical (unpaired) electrons. The summed E-state index contributed by atoms with van der Waals surface area (Å²) in [7, 11) is 0. The molecule has 1 N–H and O–H groups in total. The van der Waals surface area contributed by atoms with Gasteiger partial charge in [0.25, 0.3) is 5.91 Å². The Balaban J connectivity index is 1.44. The molecule has 1 aliphatic carbocycles. The lowest BCUT2D eigenvalue weighted by Gasteiger charge is -2.32. The van der Waals surface area contributed by atoms with Crippen molar-refractivity contribution < 1.29 is 14.5 Å². The van der Waals surface area contributed by atoms with Crippen molar-refractivity contribution in [3.8, 4) is 5.75 Å². The molecule has 3 rings (SSSR count). The van der Waals surface area contributed by atoms with Crippen molar-refractivity contribution in [2.45, 2.75) is 37.8 Å². The number of nitro benzene ring substituents is 1. The smallest absolute Gasteiger partial charge is 0.310 e. The van der Waals surface area contributed by atoms with Gasteiger partial charge in [-0.25, -0.2) is 0 Å². The molecule has 7 heteroatoms. The number of carbonyl (C=O) groups is 1. The Bertz CT molecular complexity index is 580. The molecule has 1 aliphatic heterocycles. The zero-order chi connectivity index (χ0) is 16.2. The van der Waals surface area contributed by atoms with Crippen LogP contribution < -0.4 is 10.1 Å². The summed E-state index contributed by atoms with van der Waals surface area (Å²) in [5.74, 6) is -0.107. The predicted octanol–water partition coefficient (Wildman–Crippen LogP) is 1.72. The van der Waals surface area contributed by atoms with E-state index >= 15 is 0 Å². The summed E-state index contributed by atoms with van der Waals surface area (Å²) in [5, 5.41) is 13.9. The molecule has 0 atom stereocenters. The Morgan fingerprint density at radius 1 is 1.26 bits per heavy atom. The minimum absolute atomic E-state index is 0.121. The highest BCUT2D eigenvalue weighted by molar-refractivity contribution is 5.78. The average molecular weight is 319 g/mol. The summed E-state index contributed by atoms with van der Waals surface area (Å²) >= 11 is 0. The maximum Gasteiger partial charge on any atom is 0.310 e. The fraction of sp³-hybridized carbons (Fsp3) is 0.562. The number of carbonyl (C=O) groups excluding carboxylic acids is 1. The molecule has 1 aromatic rings. The van der Waals surface area contributed by atoms with E-state index < -0.39 is 4.92 Å². The third kappa shape index (κ3) is 4.19. The molecule has 1 saturated heterocycles. The van der Waals surface area contributed by atoms with Gasteiger partial charge in [-0.1, -0.05) is 12.1 Å². The molecule has 0 aromatic heterocycles. The largest absolute Gasteiger partial charge is 0.477 e. The van der Waals surface area contributed by atoms with Crippen LogP contribution in [0.3, 0.4) is 0 Å². The highest BCUT2D eigenvalue weighted by Crippen LogP contribution is 2.29. The van der Waals surface area contributed by atoms with Gasteiger partial charge in [-0.2, -0.15) is 0 Å². The van der Waals surface area contributed by atoms with Crippen LogP contribution in [0.15, 0.2) is 24.3 Å². The van der Waals surface area contributed by atoms with E-state index in [0.717, 1.165) is 32.0 Å². The number of nitrogens with zero attached hydrogens (tertiary/aromatic N) is 2. The van der Waals surface area contributed by atoms with Gasteiger partial charge < -0.3 is 15.0 Å². The highest BCUT2D eigenvalue weighted by atomic mass is 16.6. The van der Waals surface area contributed by atoms with Crippen molar-refractivity contribution in [3.63, 3.8) is 0 Å². The number of likely N-dealkylation sites (tertiary alicyclic amines) is 1. The molecule has 1 heterocycles. The summed E-state index contributed by atoms with van der Waals surface area (Å²) in [4.78, 5) is 24.8. The normalized spacial score (nSPS) is 19.3. The zero-order valence-electron chi connectivity index (χ0n) is 12.9. The molecule has 7 nitrogen and oxygen atoms in total. The molecule has 0 spiro atoms. The Morgan fingerprint density at radius 3 is 2.61 bits per heavy atom. The van der Waals surface area contributed by atoms with Crippen LogP contribution >= 0.6 is 0 Å². The number of para-hydroxylation sites is 2. The van der Waals surface area contributed by atoms with Crippen LogP contribution in [0.25, 0.3) is 0 Å². The maximum absolute atomic E-state index is 12.0. The third-order valence-electron chi connectivity index (χ3n) is 4.38. The number of benzene rings is 1. The quantitative estimate of drug-likeness (QED) is 0.637. The SMILES string of the molecule is O=C(COc1ccccc1[N+](=O)[O-])NC1CCN(C2CC2)CC1. The van der Waals surface area contributed by atoms with E-state index in [4.69, 9.17) is 4.74 Å². The Morgan fingerprint density at radius 2 is 1.96 bits per heavy atom. The first kappa shape index (κ1) is 15.7. The molecule has 1 saturated carbocycles. The number of amides is 1. The summed E-state index contributed by atoms with van der Waals surface area (Å²) in [5.41, 5.74) is -0.127. The first-order chi connectivity index (χ1) is 11.1. The molecular weight excluding hydrogens is 298 g/mol. The predicted molar refractivity (Wildman–Crippen MR) is 84.4 cm³/mol. The van der Waals surface area contributed by atoms with Gasteiger partial charge >= 0.3 is 5.69 Å². The fourth-order valence-electron chi connectivity index (χ4n) is 2.99. The van der Waals surface area contributed by atoms with E-state index in [0.29, 0.717) is 0 Å². The minimum atomic E-state index is -0.513. The molecule has 1 amide bonds. The molecule has 1 aromatic carbocycles. The standard InChI is InChI=1S/C16H21N3O4/c20-16(11-23-15-4-2-1-3-14(15)19(21)22)17-12-7-9-18(10-8-12)13-5-6-13/h1-4,12-13H,5-11H2,(H,17,20). The van der Waals surface area contributed by atoms with Crippen LogP contribution in [0.4, 0.5) is 5.69 Å². The lowest BCUT2D eigenvalue weighted by molar-refractivity contribution is -0.385. The first-order valence-corrected chi connectivity index (χ1v) is 8.03. The van der Waals surface area contributed by atoms with E-state index in [1.54, 1.807) is 12.1 Å². The van der Waals surface area contributed by atoms with Gasteiger partial charge in [0.15, 0.2) is 12.4 Å². The third-order valence-corrected chi connectivity index (χ3v) is 4.38. The molecule has 23 heavy (non-hydrogen) atoms. The summed E-state index contributed by atoms with van der Waals surface area (Å²) in [6.07, 6.45) is 4.52. The second kappa shape index (κ2) is 6.95. The Hall–Kier alpha value is -2.15. The van der Waals surface area contributed by atoms with Crippen molar-refractivity contribution in [3.05, 3.63) is 34.4 Å². The number of rotatable bonds is 6. The van der Waals surface area contributed by atoms with Gasteiger partial charge in [0, 0.05) is 31.2 Å². The van der Waals surface area contributed by atoms with Gasteiger partial charge in [-0.15, -0.1) is 0 Å². The molecule has 0 unspecified atom stereocenters. The maximum atomic E-state index is 12.0. The first-order valence-electron chi connectivity index (χ1n) is 8.03. The molecule has 124 valence electrons. The molecular formula is C16H21N3O4. The Labute approximate surface area is 134 Å². The lowest BCUT2D eigenvalue weighted by atomic mass is 10.0. The van der Waals surface area contributed by atoms with Crippen LogP contribution in [0, 0.1) is 10.1 Å². The second-order valence-corrected chi connectivity index (χ2v) is 6.12. The molecule has 2 fully saturated rings. The van der Waals surface area contributed by atoms with Gasteiger partial charge in [0.05, 0.1) is 4.92 Å². The number of hydrogen-bond donors (Lipinski definition) is 1. The van der Waals surface area contributed by atoms with E-state index in [-0.39, 0.29) is 30.0 Å². The van der Waals surface area contributed by atoms with Gasteiger partial charge in [0.1, 0.15) is 0 Å². The van der Waals surface area contributed by atoms with Crippen molar-refractivity contribution in [1.29, 1.82) is 0 Å². The minimum Gasteiger partial charge on any atom is -0.477 e. The van der Waals surface area contributed by atoms with Crippen molar-refractivity contribution >= 4 is 11.6 Å². The summed E-state index contributed by atoms with van der Waals surface area (Å²) < 4.78 is 5.31.